The van der Waals surface area contributed by atoms with E-state index in [1.54, 1.807) is 37.6 Å². The van der Waals surface area contributed by atoms with Crippen LogP contribution in [-0.2, 0) is 6.61 Å². The van der Waals surface area contributed by atoms with Crippen molar-refractivity contribution in [3.63, 3.8) is 0 Å². The topological polar surface area (TPSA) is 109 Å². The van der Waals surface area contributed by atoms with Crippen molar-refractivity contribution < 1.29 is 14.4 Å². The van der Waals surface area contributed by atoms with E-state index >= 15 is 0 Å². The maximum absolute atomic E-state index is 13.6. The van der Waals surface area contributed by atoms with Crippen molar-refractivity contribution in [3.8, 4) is 11.5 Å². The van der Waals surface area contributed by atoms with Gasteiger partial charge in [-0.1, -0.05) is 47.3 Å². The lowest BCUT2D eigenvalue weighted by Gasteiger charge is -2.22. The Morgan fingerprint density at radius 3 is 2.59 bits per heavy atom. The lowest BCUT2D eigenvalue weighted by atomic mass is 9.88. The van der Waals surface area contributed by atoms with Crippen molar-refractivity contribution in [3.05, 3.63) is 103 Å². The summed E-state index contributed by atoms with van der Waals surface area (Å²) in [6.07, 6.45) is 6.90. The lowest BCUT2D eigenvalue weighted by molar-refractivity contribution is -0.384. The molecular formula is C29H27BrN4O5. The van der Waals surface area contributed by atoms with Gasteiger partial charge < -0.3 is 9.47 Å². The Morgan fingerprint density at radius 2 is 1.87 bits per heavy atom. The Hall–Kier alpha value is -4.05. The summed E-state index contributed by atoms with van der Waals surface area (Å²) in [6, 6.07) is 17.1. The van der Waals surface area contributed by atoms with Crippen molar-refractivity contribution in [2.45, 2.75) is 44.6 Å². The van der Waals surface area contributed by atoms with E-state index < -0.39 is 4.92 Å². The van der Waals surface area contributed by atoms with Gasteiger partial charge in [0.05, 0.1) is 29.2 Å². The number of non-ortho nitro benzene ring substituents is 1. The Morgan fingerprint density at radius 1 is 1.13 bits per heavy atom. The molecule has 1 fully saturated rings. The standard InChI is InChI=1S/C29H27BrN4O5/c1-38-26-16-22(30)15-21(27(26)39-18-19-11-13-23(14-12-19)34(36)37)17-31-33-28(20-7-3-2-4-8-20)32-25-10-6-5-9-24(25)29(33)35/h5-6,9-17,20H,2-4,7-8,18H2,1H3. The number of halogens is 1. The molecule has 3 aromatic carbocycles. The second kappa shape index (κ2) is 11.8. The molecule has 5 rings (SSSR count). The van der Waals surface area contributed by atoms with E-state index in [1.807, 2.05) is 24.3 Å². The first-order valence-electron chi connectivity index (χ1n) is 12.7. The van der Waals surface area contributed by atoms with Gasteiger partial charge in [0.1, 0.15) is 12.4 Å². The Kier molecular flexibility index (Phi) is 8.02. The van der Waals surface area contributed by atoms with Gasteiger partial charge >= 0.3 is 0 Å². The van der Waals surface area contributed by atoms with Crippen molar-refractivity contribution in [1.29, 1.82) is 0 Å². The molecule has 1 aliphatic rings. The smallest absolute Gasteiger partial charge is 0.282 e. The van der Waals surface area contributed by atoms with Gasteiger partial charge in [-0.3, -0.25) is 14.9 Å². The summed E-state index contributed by atoms with van der Waals surface area (Å²) in [7, 11) is 1.54. The molecule has 1 heterocycles. The fourth-order valence-electron chi connectivity index (χ4n) is 4.86. The molecule has 0 radical (unpaired) electrons. The van der Waals surface area contributed by atoms with Gasteiger partial charge in [-0.2, -0.15) is 9.78 Å². The largest absolute Gasteiger partial charge is 0.493 e. The summed E-state index contributed by atoms with van der Waals surface area (Å²) in [5, 5.41) is 16.1. The van der Waals surface area contributed by atoms with Crippen LogP contribution >= 0.6 is 15.9 Å². The average molecular weight is 591 g/mol. The zero-order chi connectivity index (χ0) is 27.4. The lowest BCUT2D eigenvalue weighted by Crippen LogP contribution is -2.25. The third kappa shape index (κ3) is 5.85. The number of rotatable bonds is 8. The number of hydrogen-bond acceptors (Lipinski definition) is 7. The highest BCUT2D eigenvalue weighted by Gasteiger charge is 2.22. The molecule has 1 saturated carbocycles. The Labute approximate surface area is 233 Å². The van der Waals surface area contributed by atoms with Crippen LogP contribution in [0.3, 0.4) is 0 Å². The maximum Gasteiger partial charge on any atom is 0.282 e. The highest BCUT2D eigenvalue weighted by molar-refractivity contribution is 9.10. The highest BCUT2D eigenvalue weighted by atomic mass is 79.9. The summed E-state index contributed by atoms with van der Waals surface area (Å²) in [5.74, 6) is 1.74. The highest BCUT2D eigenvalue weighted by Crippen LogP contribution is 2.35. The minimum absolute atomic E-state index is 0.0102. The SMILES string of the molecule is COc1cc(Br)cc(C=Nn2c(C3CCCCC3)nc3ccccc3c2=O)c1OCc1ccc([N+](=O)[O-])cc1. The predicted molar refractivity (Wildman–Crippen MR) is 153 cm³/mol. The van der Waals surface area contributed by atoms with E-state index in [4.69, 9.17) is 14.5 Å². The van der Waals surface area contributed by atoms with Crippen LogP contribution in [0.2, 0.25) is 0 Å². The number of nitrogens with zero attached hydrogens (tertiary/aromatic N) is 4. The van der Waals surface area contributed by atoms with Crippen molar-refractivity contribution >= 4 is 38.7 Å². The van der Waals surface area contributed by atoms with E-state index in [0.29, 0.717) is 33.8 Å². The molecule has 0 amide bonds. The minimum Gasteiger partial charge on any atom is -0.493 e. The molecule has 0 spiro atoms. The summed E-state index contributed by atoms with van der Waals surface area (Å²) in [4.78, 5) is 29.0. The summed E-state index contributed by atoms with van der Waals surface area (Å²) < 4.78 is 13.9. The average Bonchev–Trinajstić information content (AvgIpc) is 2.96. The van der Waals surface area contributed by atoms with Gasteiger partial charge in [0, 0.05) is 28.1 Å². The number of fused-ring (bicyclic) bond motifs is 1. The molecule has 0 bridgehead atoms. The van der Waals surface area contributed by atoms with Gasteiger partial charge in [-0.05, 0) is 54.8 Å². The van der Waals surface area contributed by atoms with E-state index in [2.05, 4.69) is 21.0 Å². The van der Waals surface area contributed by atoms with Crippen LogP contribution in [0.5, 0.6) is 11.5 Å². The number of methoxy groups -OCH3 is 1. The quantitative estimate of drug-likeness (QED) is 0.130. The molecule has 0 N–H and O–H groups in total. The molecule has 0 unspecified atom stereocenters. The van der Waals surface area contributed by atoms with Crippen LogP contribution in [0.25, 0.3) is 10.9 Å². The van der Waals surface area contributed by atoms with Crippen LogP contribution < -0.4 is 15.0 Å². The number of ether oxygens (including phenoxy) is 2. The molecule has 0 aliphatic heterocycles. The van der Waals surface area contributed by atoms with Gasteiger partial charge in [0.25, 0.3) is 11.2 Å². The molecule has 10 heteroatoms. The molecule has 4 aromatic rings. The predicted octanol–water partition coefficient (Wildman–Crippen LogP) is 6.58. The number of aromatic nitrogens is 2. The van der Waals surface area contributed by atoms with E-state index in [1.165, 1.54) is 23.2 Å². The maximum atomic E-state index is 13.6. The van der Waals surface area contributed by atoms with Gasteiger partial charge in [0.15, 0.2) is 11.5 Å². The third-order valence-electron chi connectivity index (χ3n) is 6.86. The minimum atomic E-state index is -0.442. The fraction of sp³-hybridized carbons (Fsp3) is 0.276. The summed E-state index contributed by atoms with van der Waals surface area (Å²) in [5.41, 5.74) is 1.82. The van der Waals surface area contributed by atoms with Gasteiger partial charge in [-0.25, -0.2) is 4.98 Å². The molecular weight excluding hydrogens is 564 g/mol. The normalized spacial score (nSPS) is 14.1. The zero-order valence-electron chi connectivity index (χ0n) is 21.4. The second-order valence-electron chi connectivity index (χ2n) is 9.42. The van der Waals surface area contributed by atoms with Crippen LogP contribution in [0.4, 0.5) is 5.69 Å². The number of benzene rings is 3. The number of nitro benzene ring substituents is 1. The van der Waals surface area contributed by atoms with Crippen molar-refractivity contribution in [1.82, 2.24) is 9.66 Å². The monoisotopic (exact) mass is 590 g/mol. The molecule has 1 aliphatic carbocycles. The molecule has 0 saturated heterocycles. The zero-order valence-corrected chi connectivity index (χ0v) is 23.0. The first-order chi connectivity index (χ1) is 18.9. The first-order valence-corrected chi connectivity index (χ1v) is 13.5. The van der Waals surface area contributed by atoms with Crippen LogP contribution in [0.15, 0.2) is 75.0 Å². The van der Waals surface area contributed by atoms with E-state index in [0.717, 1.165) is 35.7 Å². The van der Waals surface area contributed by atoms with Crippen molar-refractivity contribution in [2.75, 3.05) is 7.11 Å². The Bertz CT molecular complexity index is 1590. The van der Waals surface area contributed by atoms with Gasteiger partial charge in [0.2, 0.25) is 0 Å². The fourth-order valence-corrected chi connectivity index (χ4v) is 5.31. The van der Waals surface area contributed by atoms with Gasteiger partial charge in [-0.15, -0.1) is 0 Å². The van der Waals surface area contributed by atoms with Crippen molar-refractivity contribution in [2.24, 2.45) is 5.10 Å². The third-order valence-corrected chi connectivity index (χ3v) is 7.32. The van der Waals surface area contributed by atoms with E-state index in [9.17, 15) is 14.9 Å². The van der Waals surface area contributed by atoms with Crippen LogP contribution in [0, 0.1) is 10.1 Å². The number of para-hydroxylation sites is 1. The second-order valence-corrected chi connectivity index (χ2v) is 10.3. The first kappa shape index (κ1) is 26.6. The molecule has 200 valence electrons. The molecule has 0 atom stereocenters. The number of nitro groups is 1. The summed E-state index contributed by atoms with van der Waals surface area (Å²) in [6.45, 7) is 0.154. The van der Waals surface area contributed by atoms with Crippen LogP contribution in [-0.4, -0.2) is 27.9 Å². The van der Waals surface area contributed by atoms with E-state index in [-0.39, 0.29) is 23.8 Å². The Balaban J connectivity index is 1.53. The summed E-state index contributed by atoms with van der Waals surface area (Å²) >= 11 is 3.51. The molecule has 1 aromatic heterocycles. The van der Waals surface area contributed by atoms with Crippen LogP contribution in [0.1, 0.15) is 55.0 Å². The molecule has 9 nitrogen and oxygen atoms in total. The molecule has 39 heavy (non-hydrogen) atoms. The number of hydrogen-bond donors (Lipinski definition) is 0.